The molecule has 5 nitrogen and oxygen atoms in total. The van der Waals surface area contributed by atoms with Gasteiger partial charge in [-0.1, -0.05) is 0 Å². The first-order valence-electron chi connectivity index (χ1n) is 5.85. The molecule has 1 saturated heterocycles. The number of Topliss-reactive ketones (excluding diaryl/α,β-unsaturated/α-hetero) is 1. The summed E-state index contributed by atoms with van der Waals surface area (Å²) in [5.41, 5.74) is -0.627. The summed E-state index contributed by atoms with van der Waals surface area (Å²) in [4.78, 5) is 36.4. The lowest BCUT2D eigenvalue weighted by Crippen LogP contribution is -2.42. The van der Waals surface area contributed by atoms with Gasteiger partial charge in [0.15, 0.2) is 0 Å². The molecule has 2 bridgehead atoms. The van der Waals surface area contributed by atoms with E-state index in [2.05, 4.69) is 0 Å². The molecular formula is C12H17NO4. The molecule has 0 spiro atoms. The highest BCUT2D eigenvalue weighted by molar-refractivity contribution is 6.00. The van der Waals surface area contributed by atoms with Crippen LogP contribution in [-0.4, -0.2) is 34.3 Å². The predicted octanol–water partition coefficient (Wildman–Crippen LogP) is 1.50. The minimum absolute atomic E-state index is 0.0608. The van der Waals surface area contributed by atoms with Gasteiger partial charge in [-0.15, -0.1) is 0 Å². The van der Waals surface area contributed by atoms with Crippen molar-refractivity contribution in [3.63, 3.8) is 0 Å². The Balaban J connectivity index is 2.14. The molecule has 1 saturated carbocycles. The van der Waals surface area contributed by atoms with Crippen molar-refractivity contribution in [2.45, 2.75) is 51.7 Å². The highest BCUT2D eigenvalue weighted by atomic mass is 16.6. The van der Waals surface area contributed by atoms with Crippen LogP contribution in [0.25, 0.3) is 0 Å². The molecule has 94 valence electrons. The Morgan fingerprint density at radius 3 is 2.53 bits per heavy atom. The number of carbonyl (C=O) groups is 3. The number of hydrogen-bond donors (Lipinski definition) is 0. The molecule has 2 atom stereocenters. The van der Waals surface area contributed by atoms with Gasteiger partial charge in [0.2, 0.25) is 5.91 Å². The second-order valence-electron chi connectivity index (χ2n) is 5.72. The van der Waals surface area contributed by atoms with Gasteiger partial charge in [-0.05, 0) is 27.2 Å². The van der Waals surface area contributed by atoms with Crippen molar-refractivity contribution in [1.82, 2.24) is 4.90 Å². The van der Waals surface area contributed by atoms with Crippen LogP contribution in [0.15, 0.2) is 0 Å². The molecule has 1 heterocycles. The molecule has 0 aromatic heterocycles. The third kappa shape index (κ3) is 2.33. The predicted molar refractivity (Wildman–Crippen MR) is 59.2 cm³/mol. The topological polar surface area (TPSA) is 63.7 Å². The van der Waals surface area contributed by atoms with E-state index in [-0.39, 0.29) is 36.5 Å². The van der Waals surface area contributed by atoms with Crippen LogP contribution in [0.1, 0.15) is 40.0 Å². The number of likely N-dealkylation sites (tertiary alicyclic amines) is 1. The molecule has 5 heteroatoms. The van der Waals surface area contributed by atoms with Crippen molar-refractivity contribution in [2.75, 3.05) is 0 Å². The van der Waals surface area contributed by atoms with E-state index < -0.39 is 11.7 Å². The Morgan fingerprint density at radius 2 is 1.94 bits per heavy atom. The largest absolute Gasteiger partial charge is 0.443 e. The fourth-order valence-electron chi connectivity index (χ4n) is 2.43. The third-order valence-electron chi connectivity index (χ3n) is 3.04. The van der Waals surface area contributed by atoms with Crippen LogP contribution in [0.4, 0.5) is 4.79 Å². The van der Waals surface area contributed by atoms with E-state index >= 15 is 0 Å². The number of fused-ring (bicyclic) bond motifs is 2. The monoisotopic (exact) mass is 239 g/mol. The SMILES string of the molecule is CC(C)(C)OC(=O)N1C(=O)C2CC(=O)CC1C2. The number of amides is 2. The van der Waals surface area contributed by atoms with E-state index in [1.165, 1.54) is 0 Å². The lowest BCUT2D eigenvalue weighted by atomic mass is 9.89. The van der Waals surface area contributed by atoms with Crippen molar-refractivity contribution < 1.29 is 19.1 Å². The van der Waals surface area contributed by atoms with Gasteiger partial charge in [-0.25, -0.2) is 9.69 Å². The molecular weight excluding hydrogens is 222 g/mol. The first kappa shape index (κ1) is 12.1. The average molecular weight is 239 g/mol. The zero-order valence-corrected chi connectivity index (χ0v) is 10.4. The van der Waals surface area contributed by atoms with E-state index in [0.717, 1.165) is 4.90 Å². The summed E-state index contributed by atoms with van der Waals surface area (Å²) in [6, 6.07) is -0.288. The van der Waals surface area contributed by atoms with Crippen molar-refractivity contribution >= 4 is 17.8 Å². The number of carbonyl (C=O) groups excluding carboxylic acids is 3. The third-order valence-corrected chi connectivity index (χ3v) is 3.04. The quantitative estimate of drug-likeness (QED) is 0.642. The van der Waals surface area contributed by atoms with Gasteiger partial charge in [0.05, 0.1) is 6.04 Å². The Labute approximate surface area is 100 Å². The van der Waals surface area contributed by atoms with E-state index in [0.29, 0.717) is 6.42 Å². The van der Waals surface area contributed by atoms with E-state index in [1.54, 1.807) is 20.8 Å². The van der Waals surface area contributed by atoms with Crippen LogP contribution in [0.5, 0.6) is 0 Å². The average Bonchev–Trinajstić information content (AvgIpc) is 2.34. The molecule has 0 N–H and O–H groups in total. The molecule has 2 aliphatic rings. The first-order chi connectivity index (χ1) is 7.78. The van der Waals surface area contributed by atoms with E-state index in [4.69, 9.17) is 4.74 Å². The molecule has 2 unspecified atom stereocenters. The van der Waals surface area contributed by atoms with Gasteiger partial charge in [-0.3, -0.25) is 9.59 Å². The summed E-state index contributed by atoms with van der Waals surface area (Å²) in [5.74, 6) is -0.505. The molecule has 17 heavy (non-hydrogen) atoms. The molecule has 1 aliphatic carbocycles. The van der Waals surface area contributed by atoms with Crippen LogP contribution >= 0.6 is 0 Å². The number of nitrogens with zero attached hydrogens (tertiary/aromatic N) is 1. The van der Waals surface area contributed by atoms with Crippen LogP contribution < -0.4 is 0 Å². The maximum atomic E-state index is 11.9. The summed E-state index contributed by atoms with van der Waals surface area (Å²) >= 11 is 0. The maximum Gasteiger partial charge on any atom is 0.417 e. The van der Waals surface area contributed by atoms with Gasteiger partial charge < -0.3 is 4.74 Å². The Kier molecular flexibility index (Phi) is 2.72. The van der Waals surface area contributed by atoms with Gasteiger partial charge in [0, 0.05) is 18.8 Å². The molecule has 2 rings (SSSR count). The molecule has 1 aliphatic heterocycles. The number of imide groups is 1. The summed E-state index contributed by atoms with van der Waals surface area (Å²) < 4.78 is 5.19. The Morgan fingerprint density at radius 1 is 1.29 bits per heavy atom. The van der Waals surface area contributed by atoms with Crippen molar-refractivity contribution in [2.24, 2.45) is 5.92 Å². The minimum Gasteiger partial charge on any atom is -0.443 e. The van der Waals surface area contributed by atoms with E-state index in [1.807, 2.05) is 0 Å². The summed E-state index contributed by atoms with van der Waals surface area (Å²) in [6.07, 6.45) is 0.532. The summed E-state index contributed by atoms with van der Waals surface area (Å²) in [7, 11) is 0. The van der Waals surface area contributed by atoms with Crippen molar-refractivity contribution in [1.29, 1.82) is 0 Å². The minimum atomic E-state index is -0.627. The summed E-state index contributed by atoms with van der Waals surface area (Å²) in [5, 5.41) is 0. The fraction of sp³-hybridized carbons (Fsp3) is 0.750. The molecule has 2 amide bonds. The highest BCUT2D eigenvalue weighted by Gasteiger charge is 2.48. The van der Waals surface area contributed by atoms with Crippen LogP contribution in [0.3, 0.4) is 0 Å². The van der Waals surface area contributed by atoms with E-state index in [9.17, 15) is 14.4 Å². The maximum absolute atomic E-state index is 11.9. The fourth-order valence-corrected chi connectivity index (χ4v) is 2.43. The number of hydrogen-bond acceptors (Lipinski definition) is 4. The lowest BCUT2D eigenvalue weighted by Gasteiger charge is -2.26. The van der Waals surface area contributed by atoms with Gasteiger partial charge in [-0.2, -0.15) is 0 Å². The number of ketones is 1. The summed E-state index contributed by atoms with van der Waals surface area (Å²) in [6.45, 7) is 5.26. The lowest BCUT2D eigenvalue weighted by molar-refractivity contribution is -0.131. The Bertz CT molecular complexity index is 382. The molecule has 0 aromatic rings. The molecule has 0 aromatic carbocycles. The van der Waals surface area contributed by atoms with Crippen molar-refractivity contribution in [3.05, 3.63) is 0 Å². The molecule has 0 radical (unpaired) electrons. The van der Waals surface area contributed by atoms with Gasteiger partial charge >= 0.3 is 6.09 Å². The smallest absolute Gasteiger partial charge is 0.417 e. The second-order valence-corrected chi connectivity index (χ2v) is 5.72. The zero-order chi connectivity index (χ0) is 12.8. The first-order valence-corrected chi connectivity index (χ1v) is 5.85. The van der Waals surface area contributed by atoms with Crippen molar-refractivity contribution in [3.8, 4) is 0 Å². The van der Waals surface area contributed by atoms with Crippen LogP contribution in [0.2, 0.25) is 0 Å². The van der Waals surface area contributed by atoms with Gasteiger partial charge in [0.1, 0.15) is 11.4 Å². The van der Waals surface area contributed by atoms with Crippen LogP contribution in [-0.2, 0) is 14.3 Å². The van der Waals surface area contributed by atoms with Crippen LogP contribution in [0, 0.1) is 5.92 Å². The normalized spacial score (nSPS) is 28.5. The second kappa shape index (κ2) is 3.82. The zero-order valence-electron chi connectivity index (χ0n) is 10.4. The standard InChI is InChI=1S/C12H17NO4/c1-12(2,3)17-11(16)13-8-4-7(10(13)15)5-9(14)6-8/h7-8H,4-6H2,1-3H3. The number of ether oxygens (including phenoxy) is 1. The molecule has 2 fully saturated rings. The number of rotatable bonds is 0. The van der Waals surface area contributed by atoms with Gasteiger partial charge in [0.25, 0.3) is 0 Å². The Hall–Kier alpha value is -1.39. The highest BCUT2D eigenvalue weighted by Crippen LogP contribution is 2.35.